The van der Waals surface area contributed by atoms with E-state index in [2.05, 4.69) is 23.9 Å². The van der Waals surface area contributed by atoms with E-state index >= 15 is 0 Å². The molecule has 1 heterocycles. The molecule has 4 heteroatoms. The quantitative estimate of drug-likeness (QED) is 0.540. The van der Waals surface area contributed by atoms with E-state index in [1.165, 1.54) is 11.3 Å². The van der Waals surface area contributed by atoms with Crippen LogP contribution in [-0.2, 0) is 17.8 Å². The van der Waals surface area contributed by atoms with Gasteiger partial charge in [-0.3, -0.25) is 4.68 Å². The Morgan fingerprint density at radius 1 is 1.67 bits per heavy atom. The lowest BCUT2D eigenvalue weighted by Crippen LogP contribution is -2.18. The lowest BCUT2D eigenvalue weighted by molar-refractivity contribution is 0.199. The summed E-state index contributed by atoms with van der Waals surface area (Å²) in [6, 6.07) is 0. The number of hydrogen-bond acceptors (Lipinski definition) is 3. The lowest BCUT2D eigenvalue weighted by Gasteiger charge is -2.04. The van der Waals surface area contributed by atoms with Gasteiger partial charge in [0.05, 0.1) is 19.3 Å². The first kappa shape index (κ1) is 11.9. The molecule has 0 aromatic carbocycles. The van der Waals surface area contributed by atoms with E-state index in [1.807, 2.05) is 17.0 Å². The maximum Gasteiger partial charge on any atom is 0.0590 e. The largest absolute Gasteiger partial charge is 0.383 e. The first-order valence-corrected chi connectivity index (χ1v) is 5.11. The minimum absolute atomic E-state index is 0.736. The number of hydrogen-bond donors (Lipinski definition) is 1. The van der Waals surface area contributed by atoms with Gasteiger partial charge >= 0.3 is 0 Å². The third-order valence-electron chi connectivity index (χ3n) is 2.31. The van der Waals surface area contributed by atoms with Crippen LogP contribution in [0.15, 0.2) is 18.9 Å². The second-order valence-corrected chi connectivity index (χ2v) is 3.40. The predicted octanol–water partition coefficient (Wildman–Crippen LogP) is 1.11. The van der Waals surface area contributed by atoms with E-state index in [-0.39, 0.29) is 0 Å². The molecule has 0 atom stereocenters. The molecule has 0 aliphatic carbocycles. The Morgan fingerprint density at radius 2 is 2.47 bits per heavy atom. The minimum atomic E-state index is 0.736. The fourth-order valence-corrected chi connectivity index (χ4v) is 1.36. The van der Waals surface area contributed by atoms with Crippen molar-refractivity contribution in [1.29, 1.82) is 0 Å². The van der Waals surface area contributed by atoms with Crippen molar-refractivity contribution < 1.29 is 4.74 Å². The number of allylic oxidation sites excluding steroid dienone is 1. The highest BCUT2D eigenvalue weighted by Crippen LogP contribution is 2.06. The van der Waals surface area contributed by atoms with Crippen molar-refractivity contribution >= 4 is 0 Å². The third-order valence-corrected chi connectivity index (χ3v) is 2.31. The summed E-state index contributed by atoms with van der Waals surface area (Å²) in [5.74, 6) is 0. The maximum atomic E-state index is 4.96. The number of methoxy groups -OCH3 is 1. The van der Waals surface area contributed by atoms with Crippen molar-refractivity contribution in [3.05, 3.63) is 30.1 Å². The Kier molecular flexibility index (Phi) is 5.07. The number of nitrogens with one attached hydrogen (secondary N) is 1. The van der Waals surface area contributed by atoms with Crippen molar-refractivity contribution in [2.45, 2.75) is 20.0 Å². The molecule has 0 fully saturated rings. The molecule has 0 saturated heterocycles. The van der Waals surface area contributed by atoms with Crippen LogP contribution in [0.5, 0.6) is 0 Å². The van der Waals surface area contributed by atoms with Gasteiger partial charge in [0.15, 0.2) is 0 Å². The van der Waals surface area contributed by atoms with Gasteiger partial charge in [-0.05, 0) is 6.92 Å². The second kappa shape index (κ2) is 6.37. The molecule has 0 radical (unpaired) electrons. The lowest BCUT2D eigenvalue weighted by atomic mass is 10.2. The van der Waals surface area contributed by atoms with E-state index in [0.717, 1.165) is 26.2 Å². The average Bonchev–Trinajstić information content (AvgIpc) is 2.57. The van der Waals surface area contributed by atoms with E-state index in [4.69, 9.17) is 4.74 Å². The van der Waals surface area contributed by atoms with Gasteiger partial charge < -0.3 is 10.1 Å². The normalized spacial score (nSPS) is 10.5. The highest BCUT2D eigenvalue weighted by molar-refractivity contribution is 5.16. The predicted molar refractivity (Wildman–Crippen MR) is 60.7 cm³/mol. The highest BCUT2D eigenvalue weighted by Gasteiger charge is 2.03. The molecular formula is C11H19N3O. The van der Waals surface area contributed by atoms with Crippen LogP contribution in [0.1, 0.15) is 11.3 Å². The molecule has 0 aliphatic heterocycles. The summed E-state index contributed by atoms with van der Waals surface area (Å²) in [5, 5.41) is 7.57. The molecule has 1 aromatic rings. The van der Waals surface area contributed by atoms with Gasteiger partial charge in [-0.15, -0.1) is 6.58 Å². The van der Waals surface area contributed by atoms with Crippen LogP contribution in [0.25, 0.3) is 0 Å². The van der Waals surface area contributed by atoms with Crippen LogP contribution in [0.2, 0.25) is 0 Å². The van der Waals surface area contributed by atoms with Gasteiger partial charge in [0, 0.05) is 31.5 Å². The smallest absolute Gasteiger partial charge is 0.0590 e. The summed E-state index contributed by atoms with van der Waals surface area (Å²) in [6.45, 7) is 8.98. The molecule has 0 saturated carbocycles. The zero-order valence-electron chi connectivity index (χ0n) is 9.49. The van der Waals surface area contributed by atoms with Crippen LogP contribution >= 0.6 is 0 Å². The summed E-state index contributed by atoms with van der Waals surface area (Å²) in [7, 11) is 1.70. The topological polar surface area (TPSA) is 39.1 Å². The molecule has 0 amide bonds. The third kappa shape index (κ3) is 3.49. The van der Waals surface area contributed by atoms with Gasteiger partial charge in [-0.25, -0.2) is 0 Å². The standard InChI is InChI=1S/C11H19N3O/c1-4-6-14-10(2)11(9-13-14)8-12-5-7-15-3/h4,9,12H,1,5-8H2,2-3H3. The van der Waals surface area contributed by atoms with Crippen molar-refractivity contribution in [1.82, 2.24) is 15.1 Å². The van der Waals surface area contributed by atoms with Crippen LogP contribution in [0, 0.1) is 6.92 Å². The maximum absolute atomic E-state index is 4.96. The molecule has 0 bridgehead atoms. The molecule has 84 valence electrons. The molecule has 1 rings (SSSR count). The molecule has 0 spiro atoms. The van der Waals surface area contributed by atoms with Crippen molar-refractivity contribution in [2.75, 3.05) is 20.3 Å². The van der Waals surface area contributed by atoms with Crippen molar-refractivity contribution in [3.8, 4) is 0 Å². The van der Waals surface area contributed by atoms with E-state index in [0.29, 0.717) is 0 Å². The SMILES string of the molecule is C=CCn1ncc(CNCCOC)c1C. The van der Waals surface area contributed by atoms with Crippen molar-refractivity contribution in [2.24, 2.45) is 0 Å². The Balaban J connectivity index is 2.43. The fraction of sp³-hybridized carbons (Fsp3) is 0.545. The molecule has 15 heavy (non-hydrogen) atoms. The Morgan fingerprint density at radius 3 is 3.13 bits per heavy atom. The molecule has 1 aromatic heterocycles. The number of aromatic nitrogens is 2. The molecule has 0 aliphatic rings. The average molecular weight is 209 g/mol. The number of ether oxygens (including phenoxy) is 1. The first-order valence-electron chi connectivity index (χ1n) is 5.11. The zero-order chi connectivity index (χ0) is 11.1. The van der Waals surface area contributed by atoms with E-state index in [9.17, 15) is 0 Å². The van der Waals surface area contributed by atoms with E-state index < -0.39 is 0 Å². The Hall–Kier alpha value is -1.13. The minimum Gasteiger partial charge on any atom is -0.383 e. The van der Waals surface area contributed by atoms with Crippen LogP contribution in [-0.4, -0.2) is 30.0 Å². The molecular weight excluding hydrogens is 190 g/mol. The van der Waals surface area contributed by atoms with E-state index in [1.54, 1.807) is 7.11 Å². The second-order valence-electron chi connectivity index (χ2n) is 3.40. The monoisotopic (exact) mass is 209 g/mol. The number of rotatable bonds is 7. The van der Waals surface area contributed by atoms with Crippen LogP contribution in [0.3, 0.4) is 0 Å². The highest BCUT2D eigenvalue weighted by atomic mass is 16.5. The summed E-state index contributed by atoms with van der Waals surface area (Å²) in [5.41, 5.74) is 2.42. The molecule has 1 N–H and O–H groups in total. The first-order chi connectivity index (χ1) is 7.29. The summed E-state index contributed by atoms with van der Waals surface area (Å²) in [6.07, 6.45) is 3.75. The zero-order valence-corrected chi connectivity index (χ0v) is 9.49. The fourth-order valence-electron chi connectivity index (χ4n) is 1.36. The van der Waals surface area contributed by atoms with Crippen molar-refractivity contribution in [3.63, 3.8) is 0 Å². The Labute approximate surface area is 90.9 Å². The summed E-state index contributed by atoms with van der Waals surface area (Å²) < 4.78 is 6.90. The van der Waals surface area contributed by atoms with Gasteiger partial charge in [-0.1, -0.05) is 6.08 Å². The Bertz CT molecular complexity index is 307. The van der Waals surface area contributed by atoms with Crippen LogP contribution in [0.4, 0.5) is 0 Å². The number of nitrogens with zero attached hydrogens (tertiary/aromatic N) is 2. The molecule has 0 unspecified atom stereocenters. The van der Waals surface area contributed by atoms with Crippen LogP contribution < -0.4 is 5.32 Å². The summed E-state index contributed by atoms with van der Waals surface area (Å²) >= 11 is 0. The van der Waals surface area contributed by atoms with Gasteiger partial charge in [-0.2, -0.15) is 5.10 Å². The van der Waals surface area contributed by atoms with Gasteiger partial charge in [0.2, 0.25) is 0 Å². The van der Waals surface area contributed by atoms with Gasteiger partial charge in [0.1, 0.15) is 0 Å². The molecule has 4 nitrogen and oxygen atoms in total. The summed E-state index contributed by atoms with van der Waals surface area (Å²) in [4.78, 5) is 0. The van der Waals surface area contributed by atoms with Gasteiger partial charge in [0.25, 0.3) is 0 Å².